The Bertz CT molecular complexity index is 1600. The average molecular weight is 608 g/mol. The minimum absolute atomic E-state index is 0.0178. The van der Waals surface area contributed by atoms with E-state index < -0.39 is 10.0 Å². The smallest absolute Gasteiger partial charge is 0.264 e. The molecule has 0 saturated heterocycles. The van der Waals surface area contributed by atoms with Crippen LogP contribution < -0.4 is 14.4 Å². The van der Waals surface area contributed by atoms with Gasteiger partial charge in [0.2, 0.25) is 11.8 Å². The Kier molecular flexibility index (Phi) is 9.40. The average Bonchev–Trinajstić information content (AvgIpc) is 3.66. The fourth-order valence-electron chi connectivity index (χ4n) is 5.54. The standard InChI is InChI=1S/C31H37N5O4S2/c1-35(2)19-20-36(24-11-5-4-6-12-24)42(38,39)25-15-13-23(14-16-25)26(22-9-7-8-10-22)21-28(37)33-31-32-27-17-18-29(40-3)34-30(27)41-31/h4-6,11-18,22,26H,7-10,19-21H2,1-3H3,(H,32,33,37). The second-order valence-electron chi connectivity index (χ2n) is 10.9. The number of nitrogens with zero attached hydrogens (tertiary/aromatic N) is 4. The molecule has 1 saturated carbocycles. The van der Waals surface area contributed by atoms with Crippen molar-refractivity contribution in [2.45, 2.75) is 42.9 Å². The van der Waals surface area contributed by atoms with Gasteiger partial charge in [-0.2, -0.15) is 0 Å². The fraction of sp³-hybridized carbons (Fsp3) is 0.387. The van der Waals surface area contributed by atoms with Gasteiger partial charge in [0.15, 0.2) is 5.13 Å². The number of fused-ring (bicyclic) bond motifs is 1. The summed E-state index contributed by atoms with van der Waals surface area (Å²) in [5.41, 5.74) is 2.31. The van der Waals surface area contributed by atoms with Crippen LogP contribution in [0, 0.1) is 5.92 Å². The molecule has 2 aromatic carbocycles. The van der Waals surface area contributed by atoms with Gasteiger partial charge >= 0.3 is 0 Å². The van der Waals surface area contributed by atoms with Gasteiger partial charge in [-0.15, -0.1) is 0 Å². The topological polar surface area (TPSA) is 105 Å². The van der Waals surface area contributed by atoms with Gasteiger partial charge in [0.05, 0.1) is 17.7 Å². The molecular formula is C31H37N5O4S2. The molecule has 1 atom stereocenters. The lowest BCUT2D eigenvalue weighted by Crippen LogP contribution is -2.36. The summed E-state index contributed by atoms with van der Waals surface area (Å²) in [6, 6.07) is 19.9. The van der Waals surface area contributed by atoms with Crippen LogP contribution in [0.4, 0.5) is 10.8 Å². The predicted molar refractivity (Wildman–Crippen MR) is 168 cm³/mol. The molecule has 1 amide bonds. The summed E-state index contributed by atoms with van der Waals surface area (Å²) < 4.78 is 34.3. The molecule has 1 fully saturated rings. The van der Waals surface area contributed by atoms with Crippen LogP contribution >= 0.6 is 11.3 Å². The highest BCUT2D eigenvalue weighted by atomic mass is 32.2. The number of aromatic nitrogens is 2. The molecule has 0 bridgehead atoms. The third-order valence-electron chi connectivity index (χ3n) is 7.75. The van der Waals surface area contributed by atoms with Crippen molar-refractivity contribution < 1.29 is 17.9 Å². The minimum Gasteiger partial charge on any atom is -0.481 e. The van der Waals surface area contributed by atoms with E-state index in [0.29, 0.717) is 52.5 Å². The van der Waals surface area contributed by atoms with E-state index >= 15 is 0 Å². The van der Waals surface area contributed by atoms with Gasteiger partial charge in [-0.25, -0.2) is 18.4 Å². The number of ether oxygens (including phenoxy) is 1. The van der Waals surface area contributed by atoms with E-state index in [0.717, 1.165) is 31.2 Å². The van der Waals surface area contributed by atoms with Crippen LogP contribution in [0.1, 0.15) is 43.6 Å². The summed E-state index contributed by atoms with van der Waals surface area (Å²) in [7, 11) is 1.63. The van der Waals surface area contributed by atoms with Crippen molar-refractivity contribution in [1.82, 2.24) is 14.9 Å². The third kappa shape index (κ3) is 6.91. The minimum atomic E-state index is -3.79. The first-order chi connectivity index (χ1) is 20.2. The predicted octanol–water partition coefficient (Wildman–Crippen LogP) is 5.76. The molecule has 2 heterocycles. The quantitative estimate of drug-likeness (QED) is 0.218. The number of anilines is 2. The summed E-state index contributed by atoms with van der Waals surface area (Å²) in [5.74, 6) is 0.727. The largest absolute Gasteiger partial charge is 0.481 e. The normalized spacial score (nSPS) is 14.8. The Morgan fingerprint density at radius 1 is 1.00 bits per heavy atom. The molecule has 11 heteroatoms. The monoisotopic (exact) mass is 607 g/mol. The van der Waals surface area contributed by atoms with E-state index in [4.69, 9.17) is 4.74 Å². The van der Waals surface area contributed by atoms with E-state index in [1.807, 2.05) is 67.5 Å². The number of likely N-dealkylation sites (N-methyl/N-ethyl adjacent to an activating group) is 1. The van der Waals surface area contributed by atoms with Crippen LogP contribution in [0.2, 0.25) is 0 Å². The van der Waals surface area contributed by atoms with Crippen LogP contribution in [0.3, 0.4) is 0 Å². The lowest BCUT2D eigenvalue weighted by atomic mass is 9.82. The first-order valence-electron chi connectivity index (χ1n) is 14.2. The maximum atomic E-state index is 13.8. The van der Waals surface area contributed by atoms with Crippen LogP contribution in [-0.2, 0) is 14.8 Å². The third-order valence-corrected chi connectivity index (χ3v) is 10.5. The lowest BCUT2D eigenvalue weighted by molar-refractivity contribution is -0.116. The molecule has 42 heavy (non-hydrogen) atoms. The number of thiazole rings is 1. The van der Waals surface area contributed by atoms with E-state index in [1.165, 1.54) is 15.6 Å². The second kappa shape index (κ2) is 13.2. The SMILES string of the molecule is COc1ccc2nc(NC(=O)CC(c3ccc(S(=O)(=O)N(CCN(C)C)c4ccccc4)cc3)C3CCCC3)sc2n1. The highest BCUT2D eigenvalue weighted by Gasteiger charge is 2.30. The molecule has 1 aliphatic carbocycles. The Morgan fingerprint density at radius 2 is 1.71 bits per heavy atom. The zero-order chi connectivity index (χ0) is 29.7. The summed E-state index contributed by atoms with van der Waals surface area (Å²) in [6.45, 7) is 0.920. The molecule has 9 nitrogen and oxygen atoms in total. The van der Waals surface area contributed by atoms with Gasteiger partial charge in [0.1, 0.15) is 10.3 Å². The van der Waals surface area contributed by atoms with Crippen LogP contribution in [0.15, 0.2) is 71.6 Å². The zero-order valence-electron chi connectivity index (χ0n) is 24.2. The maximum Gasteiger partial charge on any atom is 0.264 e. The molecule has 0 radical (unpaired) electrons. The van der Waals surface area contributed by atoms with Crippen LogP contribution in [0.25, 0.3) is 10.3 Å². The first kappa shape index (κ1) is 29.9. The second-order valence-corrected chi connectivity index (χ2v) is 13.7. The number of hydrogen-bond acceptors (Lipinski definition) is 8. The Hall–Kier alpha value is -3.54. The first-order valence-corrected chi connectivity index (χ1v) is 16.4. The van der Waals surface area contributed by atoms with Gasteiger partial charge < -0.3 is 15.0 Å². The van der Waals surface area contributed by atoms with Crippen molar-refractivity contribution in [2.75, 3.05) is 43.9 Å². The van der Waals surface area contributed by atoms with Crippen molar-refractivity contribution in [3.63, 3.8) is 0 Å². The summed E-state index contributed by atoms with van der Waals surface area (Å²) in [6.07, 6.45) is 4.67. The molecule has 2 aromatic heterocycles. The number of para-hydroxylation sites is 1. The van der Waals surface area contributed by atoms with Crippen molar-refractivity contribution in [3.8, 4) is 5.88 Å². The van der Waals surface area contributed by atoms with E-state index in [-0.39, 0.29) is 16.7 Å². The molecule has 1 aliphatic rings. The summed E-state index contributed by atoms with van der Waals surface area (Å²) >= 11 is 1.31. The number of pyridine rings is 1. The molecule has 5 rings (SSSR count). The molecular weight excluding hydrogens is 571 g/mol. The number of rotatable bonds is 12. The highest BCUT2D eigenvalue weighted by molar-refractivity contribution is 7.92. The maximum absolute atomic E-state index is 13.8. The van der Waals surface area contributed by atoms with E-state index in [9.17, 15) is 13.2 Å². The lowest BCUT2D eigenvalue weighted by Gasteiger charge is -2.27. The molecule has 1 unspecified atom stereocenters. The molecule has 0 spiro atoms. The number of benzene rings is 2. The van der Waals surface area contributed by atoms with Gasteiger partial charge in [-0.05, 0) is 74.7 Å². The molecule has 0 aliphatic heterocycles. The van der Waals surface area contributed by atoms with Gasteiger partial charge in [-0.1, -0.05) is 54.5 Å². The number of carbonyl (C=O) groups excluding carboxylic acids is 1. The van der Waals surface area contributed by atoms with Crippen molar-refractivity contribution in [1.29, 1.82) is 0 Å². The molecule has 4 aromatic rings. The van der Waals surface area contributed by atoms with Crippen molar-refractivity contribution >= 4 is 48.4 Å². The van der Waals surface area contributed by atoms with Crippen molar-refractivity contribution in [3.05, 3.63) is 72.3 Å². The molecule has 1 N–H and O–H groups in total. The van der Waals surface area contributed by atoms with Crippen molar-refractivity contribution in [2.24, 2.45) is 5.92 Å². The van der Waals surface area contributed by atoms with Gasteiger partial charge in [-0.3, -0.25) is 9.10 Å². The van der Waals surface area contributed by atoms with Gasteiger partial charge in [0, 0.05) is 25.6 Å². The zero-order valence-corrected chi connectivity index (χ0v) is 25.8. The summed E-state index contributed by atoms with van der Waals surface area (Å²) in [4.78, 5) is 25.1. The van der Waals surface area contributed by atoms with Crippen LogP contribution in [-0.4, -0.2) is 63.5 Å². The highest BCUT2D eigenvalue weighted by Crippen LogP contribution is 2.40. The molecule has 222 valence electrons. The number of hydrogen-bond donors (Lipinski definition) is 1. The number of sulfonamides is 1. The van der Waals surface area contributed by atoms with E-state index in [1.54, 1.807) is 25.3 Å². The fourth-order valence-corrected chi connectivity index (χ4v) is 7.84. The number of carbonyl (C=O) groups is 1. The number of nitrogens with one attached hydrogen (secondary N) is 1. The van der Waals surface area contributed by atoms with E-state index in [2.05, 4.69) is 15.3 Å². The Balaban J connectivity index is 1.35. The summed E-state index contributed by atoms with van der Waals surface area (Å²) in [5, 5.41) is 3.47. The van der Waals surface area contributed by atoms with Crippen LogP contribution in [0.5, 0.6) is 5.88 Å². The Labute approximate surface area is 251 Å². The van der Waals surface area contributed by atoms with Gasteiger partial charge in [0.25, 0.3) is 10.0 Å². The Morgan fingerprint density at radius 3 is 2.38 bits per heavy atom. The number of amides is 1. The number of methoxy groups -OCH3 is 1.